The topological polar surface area (TPSA) is 122 Å². The maximum atomic E-state index is 12.7. The number of carbonyl (C=O) groups is 3. The van der Waals surface area contributed by atoms with E-state index >= 15 is 0 Å². The van der Waals surface area contributed by atoms with Gasteiger partial charge < -0.3 is 15.4 Å². The average molecular weight is 460 g/mol. The molecule has 0 saturated carbocycles. The molecule has 0 bridgehead atoms. The van der Waals surface area contributed by atoms with Crippen molar-refractivity contribution in [1.82, 2.24) is 9.62 Å². The summed E-state index contributed by atoms with van der Waals surface area (Å²) in [7, 11) is -3.61. The molecule has 9 nitrogen and oxygen atoms in total. The number of anilines is 1. The number of ether oxygens (including phenoxy) is 1. The van der Waals surface area contributed by atoms with Gasteiger partial charge in [-0.2, -0.15) is 4.31 Å². The molecule has 0 aromatic heterocycles. The normalized spacial score (nSPS) is 15.0. The number of nitrogens with one attached hydrogen (secondary N) is 2. The predicted octanol–water partition coefficient (Wildman–Crippen LogP) is 1.77. The molecule has 0 aliphatic carbocycles. The van der Waals surface area contributed by atoms with Crippen molar-refractivity contribution in [3.8, 4) is 0 Å². The highest BCUT2D eigenvalue weighted by atomic mass is 32.2. The van der Waals surface area contributed by atoms with E-state index in [1.807, 2.05) is 0 Å². The maximum Gasteiger partial charge on any atom is 0.328 e. The minimum Gasteiger partial charge on any atom is -0.454 e. The lowest BCUT2D eigenvalue weighted by Crippen LogP contribution is -2.40. The van der Waals surface area contributed by atoms with Gasteiger partial charge in [0.2, 0.25) is 10.0 Å². The minimum atomic E-state index is -3.61. The number of rotatable bonds is 8. The van der Waals surface area contributed by atoms with Gasteiger partial charge in [-0.15, -0.1) is 0 Å². The zero-order chi connectivity index (χ0) is 23.1. The highest BCUT2D eigenvalue weighted by molar-refractivity contribution is 7.89. The molecule has 0 spiro atoms. The lowest BCUT2D eigenvalue weighted by atomic mass is 10.2. The molecule has 2 N–H and O–H groups in total. The standard InChI is InChI=1S/C22H25N3O6S/c1-16(23-21(27)17-8-3-2-4-9-17)22(28)31-15-20(26)24-18-10-7-11-19(14-18)32(29,30)25-12-5-6-13-25/h2-4,7-11,14,16H,5-6,12-13,15H2,1H3,(H,23,27)(H,24,26)/t16-/m0/s1. The van der Waals surface area contributed by atoms with Gasteiger partial charge in [-0.1, -0.05) is 24.3 Å². The molecule has 1 aliphatic rings. The molecule has 1 heterocycles. The van der Waals surface area contributed by atoms with Crippen LogP contribution in [0.1, 0.15) is 30.1 Å². The Kier molecular flexibility index (Phi) is 7.60. The van der Waals surface area contributed by atoms with Crippen molar-refractivity contribution in [1.29, 1.82) is 0 Å². The van der Waals surface area contributed by atoms with Crippen molar-refractivity contribution in [3.63, 3.8) is 0 Å². The lowest BCUT2D eigenvalue weighted by molar-refractivity contribution is -0.148. The molecular weight excluding hydrogens is 434 g/mol. The predicted molar refractivity (Wildman–Crippen MR) is 117 cm³/mol. The first-order valence-corrected chi connectivity index (χ1v) is 11.6. The summed E-state index contributed by atoms with van der Waals surface area (Å²) in [5.74, 6) is -1.83. The Balaban J connectivity index is 1.51. The van der Waals surface area contributed by atoms with Crippen LogP contribution in [0.5, 0.6) is 0 Å². The summed E-state index contributed by atoms with van der Waals surface area (Å²) in [4.78, 5) is 36.4. The molecule has 1 atom stereocenters. The molecule has 1 saturated heterocycles. The molecule has 170 valence electrons. The van der Waals surface area contributed by atoms with E-state index in [-0.39, 0.29) is 10.6 Å². The van der Waals surface area contributed by atoms with E-state index in [1.165, 1.54) is 29.4 Å². The third-order valence-corrected chi connectivity index (χ3v) is 6.80. The van der Waals surface area contributed by atoms with Gasteiger partial charge in [-0.3, -0.25) is 9.59 Å². The number of hydrogen-bond donors (Lipinski definition) is 2. The molecule has 3 rings (SSSR count). The molecule has 2 aromatic rings. The highest BCUT2D eigenvalue weighted by Gasteiger charge is 2.27. The van der Waals surface area contributed by atoms with Crippen LogP contribution in [0.15, 0.2) is 59.5 Å². The number of carbonyl (C=O) groups excluding carboxylic acids is 3. The number of nitrogens with zero attached hydrogens (tertiary/aromatic N) is 1. The highest BCUT2D eigenvalue weighted by Crippen LogP contribution is 2.23. The Morgan fingerprint density at radius 1 is 1.03 bits per heavy atom. The first kappa shape index (κ1) is 23.4. The van der Waals surface area contributed by atoms with Crippen LogP contribution in [0.3, 0.4) is 0 Å². The first-order valence-electron chi connectivity index (χ1n) is 10.2. The van der Waals surface area contributed by atoms with Gasteiger partial charge in [0.1, 0.15) is 6.04 Å². The molecule has 0 radical (unpaired) electrons. The summed E-state index contributed by atoms with van der Waals surface area (Å²) in [6.07, 6.45) is 1.65. The second-order valence-corrected chi connectivity index (χ2v) is 9.29. The van der Waals surface area contributed by atoms with Crippen molar-refractivity contribution >= 4 is 33.5 Å². The third-order valence-electron chi connectivity index (χ3n) is 4.90. The molecule has 2 amide bonds. The van der Waals surface area contributed by atoms with Crippen molar-refractivity contribution < 1.29 is 27.5 Å². The quantitative estimate of drug-likeness (QED) is 0.580. The Labute approximate surface area is 186 Å². The Bertz CT molecular complexity index is 1080. The summed E-state index contributed by atoms with van der Waals surface area (Å²) < 4.78 is 31.7. The maximum absolute atomic E-state index is 12.7. The number of sulfonamides is 1. The fraction of sp³-hybridized carbons (Fsp3) is 0.318. The van der Waals surface area contributed by atoms with Gasteiger partial charge in [0, 0.05) is 24.3 Å². The number of hydrogen-bond acceptors (Lipinski definition) is 6. The number of esters is 1. The Hall–Kier alpha value is -3.24. The Morgan fingerprint density at radius 3 is 2.41 bits per heavy atom. The average Bonchev–Trinajstić information content (AvgIpc) is 3.34. The van der Waals surface area contributed by atoms with Gasteiger partial charge in [0.05, 0.1) is 4.90 Å². The first-order chi connectivity index (χ1) is 15.3. The lowest BCUT2D eigenvalue weighted by Gasteiger charge is -2.16. The van der Waals surface area contributed by atoms with Crippen LogP contribution in [0.25, 0.3) is 0 Å². The van der Waals surface area contributed by atoms with Crippen LogP contribution in [0.4, 0.5) is 5.69 Å². The number of benzene rings is 2. The molecule has 32 heavy (non-hydrogen) atoms. The second kappa shape index (κ2) is 10.4. The van der Waals surface area contributed by atoms with Gasteiger partial charge in [0.15, 0.2) is 6.61 Å². The molecular formula is C22H25N3O6S. The molecule has 2 aromatic carbocycles. The molecule has 10 heteroatoms. The molecule has 1 aliphatic heterocycles. The summed E-state index contributed by atoms with van der Waals surface area (Å²) in [6.45, 7) is 1.84. The fourth-order valence-corrected chi connectivity index (χ4v) is 4.76. The minimum absolute atomic E-state index is 0.0893. The van der Waals surface area contributed by atoms with E-state index in [0.29, 0.717) is 18.7 Å². The summed E-state index contributed by atoms with van der Waals surface area (Å²) in [6, 6.07) is 13.4. The van der Waals surface area contributed by atoms with Crippen LogP contribution in [-0.2, 0) is 24.3 Å². The van der Waals surface area contributed by atoms with Crippen LogP contribution in [0.2, 0.25) is 0 Å². The van der Waals surface area contributed by atoms with Gasteiger partial charge in [0.25, 0.3) is 11.8 Å². The van der Waals surface area contributed by atoms with Gasteiger partial charge >= 0.3 is 5.97 Å². The monoisotopic (exact) mass is 459 g/mol. The molecule has 1 fully saturated rings. The van der Waals surface area contributed by atoms with Crippen molar-refractivity contribution in [2.24, 2.45) is 0 Å². The van der Waals surface area contributed by atoms with Crippen LogP contribution in [-0.4, -0.2) is 56.2 Å². The van der Waals surface area contributed by atoms with Crippen molar-refractivity contribution in [3.05, 3.63) is 60.2 Å². The third kappa shape index (κ3) is 5.92. The fourth-order valence-electron chi connectivity index (χ4n) is 3.20. The van der Waals surface area contributed by atoms with Crippen molar-refractivity contribution in [2.45, 2.75) is 30.7 Å². The van der Waals surface area contributed by atoms with Crippen LogP contribution < -0.4 is 10.6 Å². The van der Waals surface area contributed by atoms with E-state index in [2.05, 4.69) is 10.6 Å². The smallest absolute Gasteiger partial charge is 0.328 e. The van der Waals surface area contributed by atoms with Gasteiger partial charge in [-0.25, -0.2) is 13.2 Å². The second-order valence-electron chi connectivity index (χ2n) is 7.36. The zero-order valence-corrected chi connectivity index (χ0v) is 18.4. The van der Waals surface area contributed by atoms with E-state index in [4.69, 9.17) is 4.74 Å². The summed E-state index contributed by atoms with van der Waals surface area (Å²) in [5, 5.41) is 5.02. The van der Waals surface area contributed by atoms with Crippen LogP contribution >= 0.6 is 0 Å². The SMILES string of the molecule is C[C@H](NC(=O)c1ccccc1)C(=O)OCC(=O)Nc1cccc(S(=O)(=O)N2CCCC2)c1. The Morgan fingerprint density at radius 2 is 1.72 bits per heavy atom. The van der Waals surface area contributed by atoms with E-state index < -0.39 is 40.5 Å². The number of amides is 2. The van der Waals surface area contributed by atoms with E-state index in [9.17, 15) is 22.8 Å². The summed E-state index contributed by atoms with van der Waals surface area (Å²) >= 11 is 0. The zero-order valence-electron chi connectivity index (χ0n) is 17.6. The van der Waals surface area contributed by atoms with Crippen LogP contribution in [0, 0.1) is 0 Å². The molecule has 0 unspecified atom stereocenters. The van der Waals surface area contributed by atoms with E-state index in [1.54, 1.807) is 36.4 Å². The van der Waals surface area contributed by atoms with E-state index in [0.717, 1.165) is 12.8 Å². The summed E-state index contributed by atoms with van der Waals surface area (Å²) in [5.41, 5.74) is 0.672. The van der Waals surface area contributed by atoms with Gasteiger partial charge in [-0.05, 0) is 50.1 Å². The van der Waals surface area contributed by atoms with Crippen molar-refractivity contribution in [2.75, 3.05) is 25.0 Å². The largest absolute Gasteiger partial charge is 0.454 e.